The topological polar surface area (TPSA) is 25.2 Å². The summed E-state index contributed by atoms with van der Waals surface area (Å²) in [6.45, 7) is 0.872. The summed E-state index contributed by atoms with van der Waals surface area (Å²) in [6.07, 6.45) is 6.61. The number of rotatable bonds is 5. The van der Waals surface area contributed by atoms with Crippen LogP contribution >= 0.6 is 0 Å². The molecule has 3 rings (SSSR count). The van der Waals surface area contributed by atoms with Crippen LogP contribution in [0.15, 0.2) is 46.9 Å². The van der Waals surface area contributed by atoms with Crippen LogP contribution < -0.4 is 5.32 Å². The molecule has 0 amide bonds. The average Bonchev–Trinajstić information content (AvgIpc) is 3.13. The van der Waals surface area contributed by atoms with Crippen molar-refractivity contribution in [1.29, 1.82) is 0 Å². The summed E-state index contributed by atoms with van der Waals surface area (Å²) < 4.78 is 18.5. The van der Waals surface area contributed by atoms with Gasteiger partial charge in [-0.15, -0.1) is 0 Å². The molecule has 2 nitrogen and oxygen atoms in total. The fourth-order valence-corrected chi connectivity index (χ4v) is 1.91. The van der Waals surface area contributed by atoms with E-state index in [1.807, 2.05) is 18.2 Å². The highest BCUT2D eigenvalue weighted by Crippen LogP contribution is 2.23. The van der Waals surface area contributed by atoms with Crippen molar-refractivity contribution in [3.63, 3.8) is 0 Å². The molecule has 0 bridgehead atoms. The highest BCUT2D eigenvalue weighted by molar-refractivity contribution is 5.59. The van der Waals surface area contributed by atoms with Crippen LogP contribution in [0, 0.1) is 5.82 Å². The minimum absolute atomic E-state index is 0.235. The van der Waals surface area contributed by atoms with Gasteiger partial charge in [-0.2, -0.15) is 0 Å². The van der Waals surface area contributed by atoms with E-state index in [1.54, 1.807) is 12.1 Å². The standard InChI is InChI=1S/C16H16FNO/c17-13-5-3-12(4-6-13)16-10-9-15(19-16)2-1-11-18-14-7-8-14/h1-6,9-10,14,18H,7-8,11H2. The van der Waals surface area contributed by atoms with E-state index in [0.717, 1.165) is 29.7 Å². The van der Waals surface area contributed by atoms with Gasteiger partial charge in [-0.3, -0.25) is 0 Å². The number of benzene rings is 1. The normalized spacial score (nSPS) is 15.2. The smallest absolute Gasteiger partial charge is 0.134 e. The molecule has 98 valence electrons. The SMILES string of the molecule is Fc1ccc(-c2ccc(C=CCNC3CC3)o2)cc1. The third-order valence-electron chi connectivity index (χ3n) is 3.14. The van der Waals surface area contributed by atoms with Gasteiger partial charge >= 0.3 is 0 Å². The first kappa shape index (κ1) is 12.2. The number of nitrogens with one attached hydrogen (secondary N) is 1. The van der Waals surface area contributed by atoms with Crippen LogP contribution in [-0.4, -0.2) is 12.6 Å². The molecule has 0 atom stereocenters. The zero-order valence-corrected chi connectivity index (χ0v) is 10.6. The van der Waals surface area contributed by atoms with Crippen LogP contribution in [0.3, 0.4) is 0 Å². The third-order valence-corrected chi connectivity index (χ3v) is 3.14. The fourth-order valence-electron chi connectivity index (χ4n) is 1.91. The molecule has 1 aromatic heterocycles. The molecule has 19 heavy (non-hydrogen) atoms. The summed E-state index contributed by atoms with van der Waals surface area (Å²) in [5, 5.41) is 3.40. The van der Waals surface area contributed by atoms with E-state index in [1.165, 1.54) is 25.0 Å². The Bertz CT molecular complexity index is 567. The molecular formula is C16H16FNO. The van der Waals surface area contributed by atoms with E-state index < -0.39 is 0 Å². The molecule has 1 saturated carbocycles. The lowest BCUT2D eigenvalue weighted by Crippen LogP contribution is -2.15. The molecular weight excluding hydrogens is 241 g/mol. The Morgan fingerprint density at radius 2 is 1.95 bits per heavy atom. The van der Waals surface area contributed by atoms with Gasteiger partial charge in [0.25, 0.3) is 0 Å². The van der Waals surface area contributed by atoms with Crippen molar-refractivity contribution in [2.45, 2.75) is 18.9 Å². The van der Waals surface area contributed by atoms with Gasteiger partial charge in [0.05, 0.1) is 0 Å². The van der Waals surface area contributed by atoms with Crippen molar-refractivity contribution in [3.8, 4) is 11.3 Å². The Labute approximate surface area is 111 Å². The molecule has 1 fully saturated rings. The quantitative estimate of drug-likeness (QED) is 0.880. The molecule has 1 aliphatic carbocycles. The zero-order chi connectivity index (χ0) is 13.1. The lowest BCUT2D eigenvalue weighted by atomic mass is 10.2. The van der Waals surface area contributed by atoms with Gasteiger partial charge in [-0.05, 0) is 55.3 Å². The predicted octanol–water partition coefficient (Wildman–Crippen LogP) is 3.85. The minimum Gasteiger partial charge on any atom is -0.457 e. The summed E-state index contributed by atoms with van der Waals surface area (Å²) in [5.74, 6) is 1.34. The van der Waals surface area contributed by atoms with Crippen molar-refractivity contribution in [2.24, 2.45) is 0 Å². The molecule has 2 aromatic rings. The largest absolute Gasteiger partial charge is 0.457 e. The summed E-state index contributed by atoms with van der Waals surface area (Å²) in [6, 6.07) is 10.9. The summed E-state index contributed by atoms with van der Waals surface area (Å²) >= 11 is 0. The minimum atomic E-state index is -0.235. The van der Waals surface area contributed by atoms with Crippen molar-refractivity contribution < 1.29 is 8.81 Å². The van der Waals surface area contributed by atoms with E-state index in [0.29, 0.717) is 0 Å². The second-order valence-corrected chi connectivity index (χ2v) is 4.79. The van der Waals surface area contributed by atoms with E-state index in [-0.39, 0.29) is 5.82 Å². The lowest BCUT2D eigenvalue weighted by molar-refractivity contribution is 0.571. The zero-order valence-electron chi connectivity index (χ0n) is 10.6. The van der Waals surface area contributed by atoms with Crippen molar-refractivity contribution in [1.82, 2.24) is 5.32 Å². The lowest BCUT2D eigenvalue weighted by Gasteiger charge is -1.96. The molecule has 1 N–H and O–H groups in total. The highest BCUT2D eigenvalue weighted by Gasteiger charge is 2.18. The number of furan rings is 1. The van der Waals surface area contributed by atoms with E-state index >= 15 is 0 Å². The van der Waals surface area contributed by atoms with Crippen LogP contribution in [0.5, 0.6) is 0 Å². The molecule has 0 radical (unpaired) electrons. The van der Waals surface area contributed by atoms with Gasteiger partial charge in [0.2, 0.25) is 0 Å². The summed E-state index contributed by atoms with van der Waals surface area (Å²) in [5.41, 5.74) is 0.886. The van der Waals surface area contributed by atoms with Crippen molar-refractivity contribution in [3.05, 3.63) is 54.1 Å². The molecule has 1 heterocycles. The van der Waals surface area contributed by atoms with Crippen molar-refractivity contribution in [2.75, 3.05) is 6.54 Å². The number of hydrogen-bond acceptors (Lipinski definition) is 2. The van der Waals surface area contributed by atoms with Crippen LogP contribution in [0.1, 0.15) is 18.6 Å². The summed E-state index contributed by atoms with van der Waals surface area (Å²) in [7, 11) is 0. The third kappa shape index (κ3) is 3.32. The van der Waals surface area contributed by atoms with Gasteiger partial charge in [-0.25, -0.2) is 4.39 Å². The monoisotopic (exact) mass is 257 g/mol. The van der Waals surface area contributed by atoms with Gasteiger partial charge < -0.3 is 9.73 Å². The molecule has 0 saturated heterocycles. The molecule has 1 aromatic carbocycles. The van der Waals surface area contributed by atoms with Crippen molar-refractivity contribution >= 4 is 6.08 Å². The maximum absolute atomic E-state index is 12.8. The maximum Gasteiger partial charge on any atom is 0.134 e. The second kappa shape index (κ2) is 5.41. The first-order valence-electron chi connectivity index (χ1n) is 6.57. The Balaban J connectivity index is 1.63. The van der Waals surface area contributed by atoms with Gasteiger partial charge in [0, 0.05) is 18.2 Å². The Morgan fingerprint density at radius 1 is 1.16 bits per heavy atom. The van der Waals surface area contributed by atoms with Crippen LogP contribution in [-0.2, 0) is 0 Å². The van der Waals surface area contributed by atoms with Gasteiger partial charge in [0.15, 0.2) is 0 Å². The predicted molar refractivity (Wildman–Crippen MR) is 74.2 cm³/mol. The fraction of sp³-hybridized carbons (Fsp3) is 0.250. The Hall–Kier alpha value is -1.87. The Morgan fingerprint density at radius 3 is 2.68 bits per heavy atom. The molecule has 3 heteroatoms. The van der Waals surface area contributed by atoms with Gasteiger partial charge in [-0.1, -0.05) is 6.08 Å². The average molecular weight is 257 g/mol. The highest BCUT2D eigenvalue weighted by atomic mass is 19.1. The summed E-state index contributed by atoms with van der Waals surface area (Å²) in [4.78, 5) is 0. The number of halogens is 1. The van der Waals surface area contributed by atoms with E-state index in [4.69, 9.17) is 4.42 Å². The van der Waals surface area contributed by atoms with Crippen LogP contribution in [0.2, 0.25) is 0 Å². The van der Waals surface area contributed by atoms with E-state index in [2.05, 4.69) is 11.4 Å². The van der Waals surface area contributed by atoms with Crippen LogP contribution in [0.4, 0.5) is 4.39 Å². The number of hydrogen-bond donors (Lipinski definition) is 1. The van der Waals surface area contributed by atoms with Crippen LogP contribution in [0.25, 0.3) is 17.4 Å². The van der Waals surface area contributed by atoms with Gasteiger partial charge in [0.1, 0.15) is 17.3 Å². The molecule has 0 unspecified atom stereocenters. The first-order valence-corrected chi connectivity index (χ1v) is 6.57. The second-order valence-electron chi connectivity index (χ2n) is 4.79. The van der Waals surface area contributed by atoms with E-state index in [9.17, 15) is 4.39 Å². The molecule has 0 aliphatic heterocycles. The Kier molecular flexibility index (Phi) is 3.47. The molecule has 0 spiro atoms. The molecule has 1 aliphatic rings. The first-order chi connectivity index (χ1) is 9.31. The maximum atomic E-state index is 12.8.